The van der Waals surface area contributed by atoms with Crippen LogP contribution < -0.4 is 0 Å². The Balaban J connectivity index is 2.24. The molecule has 0 radical (unpaired) electrons. The van der Waals surface area contributed by atoms with E-state index in [4.69, 9.17) is 0 Å². The summed E-state index contributed by atoms with van der Waals surface area (Å²) in [4.78, 5) is 0. The van der Waals surface area contributed by atoms with Gasteiger partial charge in [0.2, 0.25) is 0 Å². The zero-order valence-corrected chi connectivity index (χ0v) is 7.34. The third-order valence-electron chi connectivity index (χ3n) is 3.11. The van der Waals surface area contributed by atoms with Crippen LogP contribution >= 0.6 is 0 Å². The van der Waals surface area contributed by atoms with Crippen LogP contribution in [-0.4, -0.2) is 0 Å². The lowest BCUT2D eigenvalue weighted by Crippen LogP contribution is -2.05. The average molecular weight is 158 g/mol. The minimum atomic E-state index is 0.752. The molecule has 0 amide bonds. The molecule has 1 fully saturated rings. The summed E-state index contributed by atoms with van der Waals surface area (Å²) in [5, 5.41) is 0. The molecule has 2 bridgehead atoms. The quantitative estimate of drug-likeness (QED) is 0.427. The van der Waals surface area contributed by atoms with E-state index in [9.17, 15) is 0 Å². The Hall–Kier alpha value is -1.00. The van der Waals surface area contributed by atoms with Gasteiger partial charge in [0.15, 0.2) is 0 Å². The second kappa shape index (κ2) is 2.80. The van der Waals surface area contributed by atoms with Crippen LogP contribution in [0.15, 0.2) is 42.2 Å². The normalized spacial score (nSPS) is 32.0. The molecule has 0 aromatic carbocycles. The van der Waals surface area contributed by atoms with Gasteiger partial charge >= 0.3 is 0 Å². The van der Waals surface area contributed by atoms with E-state index < -0.39 is 0 Å². The maximum atomic E-state index is 3.87. The molecule has 2 aliphatic rings. The molecule has 0 aliphatic heterocycles. The standard InChI is InChI=1S/C12H14/c1-3-5-10-7-11-8-12(10)6-9(11)4-2/h4-5,9,11H,1-2,6-8H2. The molecule has 2 atom stereocenters. The average Bonchev–Trinajstić information content (AvgIpc) is 2.62. The van der Waals surface area contributed by atoms with Crippen molar-refractivity contribution in [3.05, 3.63) is 42.2 Å². The first-order valence-corrected chi connectivity index (χ1v) is 4.54. The molecule has 0 nitrogen and oxygen atoms in total. The van der Waals surface area contributed by atoms with Crippen molar-refractivity contribution < 1.29 is 0 Å². The van der Waals surface area contributed by atoms with Crippen LogP contribution in [0, 0.1) is 11.8 Å². The van der Waals surface area contributed by atoms with Crippen LogP contribution in [0.3, 0.4) is 0 Å². The molecule has 0 spiro atoms. The Morgan fingerprint density at radius 3 is 2.67 bits per heavy atom. The lowest BCUT2D eigenvalue weighted by molar-refractivity contribution is 0.461. The first-order valence-electron chi connectivity index (χ1n) is 4.54. The number of rotatable bonds is 2. The highest BCUT2D eigenvalue weighted by Gasteiger charge is 2.35. The van der Waals surface area contributed by atoms with Crippen LogP contribution in [0.4, 0.5) is 0 Å². The Morgan fingerprint density at radius 1 is 1.33 bits per heavy atom. The van der Waals surface area contributed by atoms with E-state index in [2.05, 4.69) is 31.0 Å². The van der Waals surface area contributed by atoms with E-state index in [1.807, 2.05) is 0 Å². The van der Waals surface area contributed by atoms with E-state index in [-0.39, 0.29) is 0 Å². The summed E-state index contributed by atoms with van der Waals surface area (Å²) < 4.78 is 0. The van der Waals surface area contributed by atoms with Crippen molar-refractivity contribution in [3.8, 4) is 0 Å². The van der Waals surface area contributed by atoms with Crippen molar-refractivity contribution in [1.29, 1.82) is 0 Å². The molecule has 0 saturated heterocycles. The van der Waals surface area contributed by atoms with Crippen LogP contribution in [-0.2, 0) is 0 Å². The van der Waals surface area contributed by atoms with Gasteiger partial charge in [-0.3, -0.25) is 0 Å². The summed E-state index contributed by atoms with van der Waals surface area (Å²) in [7, 11) is 0. The predicted octanol–water partition coefficient (Wildman–Crippen LogP) is 3.24. The largest absolute Gasteiger partial charge is 0.128 e. The molecule has 0 N–H and O–H groups in total. The van der Waals surface area contributed by atoms with Gasteiger partial charge in [0.05, 0.1) is 0 Å². The highest BCUT2D eigenvalue weighted by Crippen LogP contribution is 2.48. The van der Waals surface area contributed by atoms with Crippen LogP contribution in [0.2, 0.25) is 0 Å². The second-order valence-corrected chi connectivity index (χ2v) is 3.75. The van der Waals surface area contributed by atoms with Gasteiger partial charge in [-0.2, -0.15) is 0 Å². The van der Waals surface area contributed by atoms with Gasteiger partial charge in [-0.15, -0.1) is 12.3 Å². The summed E-state index contributed by atoms with van der Waals surface area (Å²) in [6.45, 7) is 7.48. The van der Waals surface area contributed by atoms with Crippen molar-refractivity contribution in [1.82, 2.24) is 0 Å². The predicted molar refractivity (Wildman–Crippen MR) is 51.8 cm³/mol. The molecule has 2 rings (SSSR count). The number of hydrogen-bond donors (Lipinski definition) is 0. The summed E-state index contributed by atoms with van der Waals surface area (Å²) in [6.07, 6.45) is 7.93. The minimum absolute atomic E-state index is 0.752. The van der Waals surface area contributed by atoms with Crippen molar-refractivity contribution in [2.75, 3.05) is 0 Å². The van der Waals surface area contributed by atoms with Crippen molar-refractivity contribution in [2.24, 2.45) is 11.8 Å². The summed E-state index contributed by atoms with van der Waals surface area (Å²) in [6, 6.07) is 0. The van der Waals surface area contributed by atoms with Crippen molar-refractivity contribution in [2.45, 2.75) is 19.3 Å². The maximum absolute atomic E-state index is 3.87. The van der Waals surface area contributed by atoms with E-state index in [1.54, 1.807) is 5.57 Å². The highest BCUT2D eigenvalue weighted by atomic mass is 14.4. The van der Waals surface area contributed by atoms with Crippen LogP contribution in [0.1, 0.15) is 19.3 Å². The van der Waals surface area contributed by atoms with Crippen LogP contribution in [0.25, 0.3) is 0 Å². The van der Waals surface area contributed by atoms with Crippen molar-refractivity contribution in [3.63, 3.8) is 0 Å². The fourth-order valence-electron chi connectivity index (χ4n) is 2.47. The number of allylic oxidation sites excluding steroid dienone is 4. The molecule has 0 heterocycles. The molecule has 2 unspecified atom stereocenters. The van der Waals surface area contributed by atoms with Crippen molar-refractivity contribution >= 4 is 0 Å². The lowest BCUT2D eigenvalue weighted by Gasteiger charge is -2.16. The Labute approximate surface area is 74.0 Å². The Bertz CT molecular complexity index is 287. The minimum Gasteiger partial charge on any atom is -0.128 e. The van der Waals surface area contributed by atoms with Gasteiger partial charge in [0.25, 0.3) is 0 Å². The number of hydrogen-bond acceptors (Lipinski definition) is 0. The van der Waals surface area contributed by atoms with Crippen LogP contribution in [0.5, 0.6) is 0 Å². The smallest absolute Gasteiger partial charge is 0.0164 e. The second-order valence-electron chi connectivity index (χ2n) is 3.75. The summed E-state index contributed by atoms with van der Waals surface area (Å²) in [5.74, 6) is 1.60. The molecule has 0 heteroatoms. The topological polar surface area (TPSA) is 0 Å². The fourth-order valence-corrected chi connectivity index (χ4v) is 2.47. The lowest BCUT2D eigenvalue weighted by atomic mass is 9.88. The summed E-state index contributed by atoms with van der Waals surface area (Å²) >= 11 is 0. The Morgan fingerprint density at radius 2 is 2.17 bits per heavy atom. The Kier molecular flexibility index (Phi) is 1.78. The van der Waals surface area contributed by atoms with Gasteiger partial charge < -0.3 is 0 Å². The zero-order chi connectivity index (χ0) is 8.55. The van der Waals surface area contributed by atoms with Gasteiger partial charge in [0, 0.05) is 0 Å². The molecule has 12 heavy (non-hydrogen) atoms. The highest BCUT2D eigenvalue weighted by molar-refractivity contribution is 5.35. The molecule has 2 aliphatic carbocycles. The molecule has 0 aromatic rings. The van der Waals surface area contributed by atoms with Gasteiger partial charge in [0.1, 0.15) is 0 Å². The monoisotopic (exact) mass is 158 g/mol. The maximum Gasteiger partial charge on any atom is -0.0164 e. The van der Waals surface area contributed by atoms with Gasteiger partial charge in [-0.25, -0.2) is 0 Å². The third kappa shape index (κ3) is 1.00. The van der Waals surface area contributed by atoms with Gasteiger partial charge in [-0.1, -0.05) is 18.2 Å². The number of fused-ring (bicyclic) bond motifs is 2. The summed E-state index contributed by atoms with van der Waals surface area (Å²) in [5.41, 5.74) is 5.99. The molecule has 1 saturated carbocycles. The van der Waals surface area contributed by atoms with E-state index >= 15 is 0 Å². The first-order chi connectivity index (χ1) is 5.85. The molecular formula is C12H14. The molecular weight excluding hydrogens is 144 g/mol. The van der Waals surface area contributed by atoms with E-state index in [0.29, 0.717) is 0 Å². The van der Waals surface area contributed by atoms with E-state index in [0.717, 1.165) is 11.8 Å². The van der Waals surface area contributed by atoms with E-state index in [1.165, 1.54) is 24.8 Å². The van der Waals surface area contributed by atoms with Gasteiger partial charge in [-0.05, 0) is 42.7 Å². The first kappa shape index (κ1) is 7.64. The molecule has 62 valence electrons. The molecule has 0 aromatic heterocycles. The SMILES string of the molecule is C=C=CC1=C2CC(C=C)C(C1)C2. The third-order valence-corrected chi connectivity index (χ3v) is 3.11. The fraction of sp³-hybridized carbons (Fsp3) is 0.417. The zero-order valence-electron chi connectivity index (χ0n) is 7.34.